The number of hydrogen-bond donors (Lipinski definition) is 1. The molecule has 2 aromatic heterocycles. The first-order chi connectivity index (χ1) is 9.76. The van der Waals surface area contributed by atoms with Crippen molar-refractivity contribution in [1.82, 2.24) is 20.0 Å². The van der Waals surface area contributed by atoms with Gasteiger partial charge in [-0.2, -0.15) is 15.0 Å². The first kappa shape index (κ1) is 13.1. The number of fused-ring (bicyclic) bond motifs is 1. The fourth-order valence-corrected chi connectivity index (χ4v) is 2.33. The number of halogens is 1. The summed E-state index contributed by atoms with van der Waals surface area (Å²) in [4.78, 5) is 6.20. The fourth-order valence-electron chi connectivity index (χ4n) is 2.02. The summed E-state index contributed by atoms with van der Waals surface area (Å²) in [5.41, 5.74) is 2.86. The van der Waals surface area contributed by atoms with Crippen LogP contribution in [0.1, 0.15) is 12.6 Å². The van der Waals surface area contributed by atoms with Crippen LogP contribution in [0.4, 0.5) is 5.69 Å². The summed E-state index contributed by atoms with van der Waals surface area (Å²) in [7, 11) is 0. The van der Waals surface area contributed by atoms with Crippen LogP contribution in [0, 0.1) is 0 Å². The van der Waals surface area contributed by atoms with Gasteiger partial charge in [-0.3, -0.25) is 0 Å². The SMILES string of the molecule is CCn1ncc(CNc2cccc3ccc(Br)nc23)n1. The Morgan fingerprint density at radius 3 is 2.95 bits per heavy atom. The molecule has 0 radical (unpaired) electrons. The maximum atomic E-state index is 4.52. The van der Waals surface area contributed by atoms with E-state index in [4.69, 9.17) is 0 Å². The zero-order valence-corrected chi connectivity index (χ0v) is 12.6. The molecule has 2 heterocycles. The number of nitrogens with zero attached hydrogens (tertiary/aromatic N) is 4. The van der Waals surface area contributed by atoms with Crippen molar-refractivity contribution in [3.63, 3.8) is 0 Å². The van der Waals surface area contributed by atoms with Gasteiger partial charge in [-0.25, -0.2) is 4.98 Å². The summed E-state index contributed by atoms with van der Waals surface area (Å²) in [5.74, 6) is 0. The zero-order valence-electron chi connectivity index (χ0n) is 11.0. The lowest BCUT2D eigenvalue weighted by atomic mass is 10.2. The normalized spacial score (nSPS) is 10.9. The number of aromatic nitrogens is 4. The van der Waals surface area contributed by atoms with Gasteiger partial charge in [-0.1, -0.05) is 18.2 Å². The number of para-hydroxylation sites is 1. The molecule has 20 heavy (non-hydrogen) atoms. The van der Waals surface area contributed by atoms with E-state index in [1.165, 1.54) is 0 Å². The van der Waals surface area contributed by atoms with Gasteiger partial charge in [-0.05, 0) is 35.0 Å². The average Bonchev–Trinajstić information content (AvgIpc) is 2.93. The Balaban J connectivity index is 1.85. The van der Waals surface area contributed by atoms with Crippen LogP contribution in [0.25, 0.3) is 10.9 Å². The Morgan fingerprint density at radius 2 is 2.15 bits per heavy atom. The molecule has 0 saturated carbocycles. The number of hydrogen-bond acceptors (Lipinski definition) is 4. The molecule has 0 atom stereocenters. The maximum Gasteiger partial charge on any atom is 0.106 e. The first-order valence-electron chi connectivity index (χ1n) is 6.44. The standard InChI is InChI=1S/C14H14BrN5/c1-2-20-17-9-11(19-20)8-16-12-5-3-4-10-6-7-13(15)18-14(10)12/h3-7,9,16H,2,8H2,1H3. The predicted octanol–water partition coefficient (Wildman–Crippen LogP) is 3.22. The largest absolute Gasteiger partial charge is 0.377 e. The molecule has 5 nitrogen and oxygen atoms in total. The van der Waals surface area contributed by atoms with Crippen LogP contribution < -0.4 is 5.32 Å². The second kappa shape index (κ2) is 5.58. The Bertz CT molecular complexity index is 737. The van der Waals surface area contributed by atoms with Crippen molar-refractivity contribution in [3.05, 3.63) is 46.8 Å². The van der Waals surface area contributed by atoms with Crippen LogP contribution in [0.3, 0.4) is 0 Å². The summed E-state index contributed by atoms with van der Waals surface area (Å²) < 4.78 is 0.830. The average molecular weight is 332 g/mol. The lowest BCUT2D eigenvalue weighted by molar-refractivity contribution is 0.564. The van der Waals surface area contributed by atoms with Gasteiger partial charge in [0.15, 0.2) is 0 Å². The highest BCUT2D eigenvalue weighted by molar-refractivity contribution is 9.10. The molecule has 6 heteroatoms. The van der Waals surface area contributed by atoms with E-state index in [0.29, 0.717) is 6.54 Å². The molecule has 0 spiro atoms. The van der Waals surface area contributed by atoms with Crippen molar-refractivity contribution >= 4 is 32.5 Å². The number of rotatable bonds is 4. The summed E-state index contributed by atoms with van der Waals surface area (Å²) >= 11 is 3.41. The number of aryl methyl sites for hydroxylation is 1. The van der Waals surface area contributed by atoms with Crippen molar-refractivity contribution in [2.24, 2.45) is 0 Å². The van der Waals surface area contributed by atoms with Gasteiger partial charge in [0.2, 0.25) is 0 Å². The van der Waals surface area contributed by atoms with Gasteiger partial charge >= 0.3 is 0 Å². The Labute approximate surface area is 125 Å². The van der Waals surface area contributed by atoms with Crippen LogP contribution in [0.5, 0.6) is 0 Å². The van der Waals surface area contributed by atoms with E-state index in [2.05, 4.69) is 36.4 Å². The molecule has 3 rings (SSSR count). The molecule has 0 aliphatic heterocycles. The van der Waals surface area contributed by atoms with Crippen molar-refractivity contribution in [2.75, 3.05) is 5.32 Å². The number of pyridine rings is 1. The topological polar surface area (TPSA) is 55.6 Å². The number of nitrogens with one attached hydrogen (secondary N) is 1. The molecule has 0 bridgehead atoms. The molecule has 0 aliphatic rings. The molecule has 0 amide bonds. The molecule has 0 aliphatic carbocycles. The minimum absolute atomic E-state index is 0.632. The van der Waals surface area contributed by atoms with Crippen LogP contribution in [0.2, 0.25) is 0 Å². The highest BCUT2D eigenvalue weighted by Gasteiger charge is 2.04. The van der Waals surface area contributed by atoms with E-state index in [9.17, 15) is 0 Å². The minimum atomic E-state index is 0.632. The predicted molar refractivity (Wildman–Crippen MR) is 82.5 cm³/mol. The quantitative estimate of drug-likeness (QED) is 0.746. The van der Waals surface area contributed by atoms with Crippen LogP contribution in [-0.2, 0) is 13.1 Å². The third kappa shape index (κ3) is 2.65. The lowest BCUT2D eigenvalue weighted by Gasteiger charge is -2.07. The molecule has 0 unspecified atom stereocenters. The van der Waals surface area contributed by atoms with E-state index in [0.717, 1.165) is 33.4 Å². The monoisotopic (exact) mass is 331 g/mol. The third-order valence-corrected chi connectivity index (χ3v) is 3.45. The Hall–Kier alpha value is -1.95. The highest BCUT2D eigenvalue weighted by atomic mass is 79.9. The zero-order chi connectivity index (χ0) is 13.9. The van der Waals surface area contributed by atoms with Gasteiger partial charge in [0, 0.05) is 5.39 Å². The Kier molecular flexibility index (Phi) is 3.64. The minimum Gasteiger partial charge on any atom is -0.377 e. The van der Waals surface area contributed by atoms with Gasteiger partial charge in [-0.15, -0.1) is 0 Å². The highest BCUT2D eigenvalue weighted by Crippen LogP contribution is 2.23. The van der Waals surface area contributed by atoms with Gasteiger partial charge in [0.25, 0.3) is 0 Å². The third-order valence-electron chi connectivity index (χ3n) is 3.01. The van der Waals surface area contributed by atoms with E-state index in [-0.39, 0.29) is 0 Å². The molecule has 1 N–H and O–H groups in total. The number of anilines is 1. The van der Waals surface area contributed by atoms with Crippen LogP contribution in [0.15, 0.2) is 41.1 Å². The van der Waals surface area contributed by atoms with Crippen LogP contribution in [-0.4, -0.2) is 20.0 Å². The molecule has 0 fully saturated rings. The Morgan fingerprint density at radius 1 is 1.25 bits per heavy atom. The second-order valence-corrected chi connectivity index (χ2v) is 5.20. The first-order valence-corrected chi connectivity index (χ1v) is 7.23. The van der Waals surface area contributed by atoms with E-state index < -0.39 is 0 Å². The van der Waals surface area contributed by atoms with Gasteiger partial charge in [0.1, 0.15) is 10.3 Å². The molecule has 0 saturated heterocycles. The van der Waals surface area contributed by atoms with Crippen molar-refractivity contribution in [3.8, 4) is 0 Å². The fraction of sp³-hybridized carbons (Fsp3) is 0.214. The summed E-state index contributed by atoms with van der Waals surface area (Å²) in [6.45, 7) is 3.43. The van der Waals surface area contributed by atoms with Crippen molar-refractivity contribution in [2.45, 2.75) is 20.0 Å². The summed E-state index contributed by atoms with van der Waals surface area (Å²) in [5, 5.41) is 13.0. The molecule has 3 aromatic rings. The summed E-state index contributed by atoms with van der Waals surface area (Å²) in [6, 6.07) is 10.1. The van der Waals surface area contributed by atoms with E-state index >= 15 is 0 Å². The van der Waals surface area contributed by atoms with E-state index in [1.54, 1.807) is 11.0 Å². The second-order valence-electron chi connectivity index (χ2n) is 4.39. The summed E-state index contributed by atoms with van der Waals surface area (Å²) in [6.07, 6.45) is 1.78. The molecule has 1 aromatic carbocycles. The number of benzene rings is 1. The van der Waals surface area contributed by atoms with Crippen molar-refractivity contribution < 1.29 is 0 Å². The van der Waals surface area contributed by atoms with Gasteiger partial charge in [0.05, 0.1) is 30.5 Å². The molecule has 102 valence electrons. The lowest BCUT2D eigenvalue weighted by Crippen LogP contribution is -2.03. The molecular formula is C14H14BrN5. The smallest absolute Gasteiger partial charge is 0.106 e. The molecular weight excluding hydrogens is 318 g/mol. The van der Waals surface area contributed by atoms with Gasteiger partial charge < -0.3 is 5.32 Å². The van der Waals surface area contributed by atoms with E-state index in [1.807, 2.05) is 37.3 Å². The van der Waals surface area contributed by atoms with Crippen LogP contribution >= 0.6 is 15.9 Å². The van der Waals surface area contributed by atoms with Crippen molar-refractivity contribution in [1.29, 1.82) is 0 Å². The maximum absolute atomic E-state index is 4.52.